The quantitative estimate of drug-likeness (QED) is 0.724. The van der Waals surface area contributed by atoms with Crippen LogP contribution in [0, 0.1) is 0 Å². The molecule has 0 saturated carbocycles. The second-order valence-corrected chi connectivity index (χ2v) is 3.42. The second-order valence-electron chi connectivity index (χ2n) is 3.42. The van der Waals surface area contributed by atoms with Crippen LogP contribution in [0.4, 0.5) is 5.69 Å². The van der Waals surface area contributed by atoms with Crippen LogP contribution >= 0.6 is 0 Å². The molecule has 0 heterocycles. The molecule has 3 heteroatoms. The van der Waals surface area contributed by atoms with Gasteiger partial charge in [-0.3, -0.25) is 4.79 Å². The van der Waals surface area contributed by atoms with E-state index in [0.717, 1.165) is 17.7 Å². The second kappa shape index (κ2) is 6.19. The summed E-state index contributed by atoms with van der Waals surface area (Å²) in [7, 11) is 0. The van der Waals surface area contributed by atoms with Gasteiger partial charge in [-0.05, 0) is 31.0 Å². The number of ether oxygens (including phenoxy) is 1. The zero-order valence-corrected chi connectivity index (χ0v) is 9.03. The molecule has 0 aromatic heterocycles. The van der Waals surface area contributed by atoms with Crippen molar-refractivity contribution in [1.29, 1.82) is 0 Å². The number of hydrogen-bond donors (Lipinski definition) is 1. The van der Waals surface area contributed by atoms with Gasteiger partial charge in [-0.15, -0.1) is 0 Å². The summed E-state index contributed by atoms with van der Waals surface area (Å²) in [6, 6.07) is 7.61. The molecule has 0 aliphatic carbocycles. The lowest BCUT2D eigenvalue weighted by Gasteiger charge is -2.02. The standard InChI is InChI=1S/C12H17NO2/c1-2-15-9-12(14)7-6-10-4-3-5-11(13)8-10/h3-5,8H,2,6-7,9,13H2,1H3. The third-order valence-corrected chi connectivity index (χ3v) is 2.11. The van der Waals surface area contributed by atoms with Crippen molar-refractivity contribution in [2.45, 2.75) is 19.8 Å². The maximum absolute atomic E-state index is 11.3. The summed E-state index contributed by atoms with van der Waals surface area (Å²) >= 11 is 0. The van der Waals surface area contributed by atoms with E-state index in [1.54, 1.807) is 0 Å². The van der Waals surface area contributed by atoms with Gasteiger partial charge in [0, 0.05) is 18.7 Å². The van der Waals surface area contributed by atoms with Crippen molar-refractivity contribution in [3.63, 3.8) is 0 Å². The normalized spacial score (nSPS) is 10.2. The Kier molecular flexibility index (Phi) is 4.84. The fraction of sp³-hybridized carbons (Fsp3) is 0.417. The van der Waals surface area contributed by atoms with Gasteiger partial charge in [-0.25, -0.2) is 0 Å². The van der Waals surface area contributed by atoms with Gasteiger partial charge in [0.25, 0.3) is 0 Å². The molecule has 15 heavy (non-hydrogen) atoms. The molecule has 0 bridgehead atoms. The van der Waals surface area contributed by atoms with Crippen LogP contribution in [-0.4, -0.2) is 19.0 Å². The van der Waals surface area contributed by atoms with Gasteiger partial charge < -0.3 is 10.5 Å². The number of nitrogens with two attached hydrogens (primary N) is 1. The Bertz CT molecular complexity index is 323. The monoisotopic (exact) mass is 207 g/mol. The molecule has 1 rings (SSSR count). The predicted octanol–water partition coefficient (Wildman–Crippen LogP) is 1.81. The van der Waals surface area contributed by atoms with Gasteiger partial charge in [-0.1, -0.05) is 12.1 Å². The first-order valence-electron chi connectivity index (χ1n) is 5.16. The average Bonchev–Trinajstić information content (AvgIpc) is 2.23. The molecule has 0 aliphatic rings. The highest BCUT2D eigenvalue weighted by atomic mass is 16.5. The van der Waals surface area contributed by atoms with E-state index < -0.39 is 0 Å². The van der Waals surface area contributed by atoms with Crippen LogP contribution in [0.3, 0.4) is 0 Å². The van der Waals surface area contributed by atoms with E-state index in [2.05, 4.69) is 0 Å². The van der Waals surface area contributed by atoms with Gasteiger partial charge >= 0.3 is 0 Å². The van der Waals surface area contributed by atoms with Crippen molar-refractivity contribution in [3.05, 3.63) is 29.8 Å². The number of benzene rings is 1. The van der Waals surface area contributed by atoms with E-state index >= 15 is 0 Å². The van der Waals surface area contributed by atoms with E-state index in [9.17, 15) is 4.79 Å². The Morgan fingerprint density at radius 2 is 2.27 bits per heavy atom. The van der Waals surface area contributed by atoms with Gasteiger partial charge in [-0.2, -0.15) is 0 Å². The van der Waals surface area contributed by atoms with Gasteiger partial charge in [0.2, 0.25) is 0 Å². The minimum atomic E-state index is 0.138. The van der Waals surface area contributed by atoms with Crippen molar-refractivity contribution < 1.29 is 9.53 Å². The van der Waals surface area contributed by atoms with Crippen LogP contribution in [0.25, 0.3) is 0 Å². The SMILES string of the molecule is CCOCC(=O)CCc1cccc(N)c1. The van der Waals surface area contributed by atoms with Crippen LogP contribution in [0.2, 0.25) is 0 Å². The lowest BCUT2D eigenvalue weighted by atomic mass is 10.1. The third-order valence-electron chi connectivity index (χ3n) is 2.11. The molecule has 82 valence electrons. The van der Waals surface area contributed by atoms with Crippen molar-refractivity contribution in [3.8, 4) is 0 Å². The molecule has 0 radical (unpaired) electrons. The fourth-order valence-electron chi connectivity index (χ4n) is 1.32. The maximum Gasteiger partial charge on any atom is 0.158 e. The van der Waals surface area contributed by atoms with E-state index in [1.165, 1.54) is 0 Å². The molecule has 0 spiro atoms. The van der Waals surface area contributed by atoms with E-state index in [1.807, 2.05) is 31.2 Å². The lowest BCUT2D eigenvalue weighted by molar-refractivity contribution is -0.123. The van der Waals surface area contributed by atoms with Gasteiger partial charge in [0.05, 0.1) is 0 Å². The van der Waals surface area contributed by atoms with E-state index in [4.69, 9.17) is 10.5 Å². The molecular weight excluding hydrogens is 190 g/mol. The summed E-state index contributed by atoms with van der Waals surface area (Å²) in [6.07, 6.45) is 1.25. The van der Waals surface area contributed by atoms with Crippen LogP contribution in [0.5, 0.6) is 0 Å². The lowest BCUT2D eigenvalue weighted by Crippen LogP contribution is -2.09. The smallest absolute Gasteiger partial charge is 0.158 e. The largest absolute Gasteiger partial charge is 0.399 e. The van der Waals surface area contributed by atoms with Crippen molar-refractivity contribution in [1.82, 2.24) is 0 Å². The number of aryl methyl sites for hydroxylation is 1. The number of hydrogen-bond acceptors (Lipinski definition) is 3. The number of carbonyl (C=O) groups excluding carboxylic acids is 1. The molecule has 0 amide bonds. The Hall–Kier alpha value is -1.35. The highest BCUT2D eigenvalue weighted by Gasteiger charge is 2.02. The Balaban J connectivity index is 2.33. The molecule has 1 aromatic carbocycles. The van der Waals surface area contributed by atoms with Crippen LogP contribution in [-0.2, 0) is 16.0 Å². The Morgan fingerprint density at radius 1 is 1.47 bits per heavy atom. The average molecular weight is 207 g/mol. The topological polar surface area (TPSA) is 52.3 Å². The number of nitrogen functional groups attached to an aromatic ring is 1. The first-order valence-corrected chi connectivity index (χ1v) is 5.16. The van der Waals surface area contributed by atoms with Crippen molar-refractivity contribution >= 4 is 11.5 Å². The number of anilines is 1. The molecule has 3 nitrogen and oxygen atoms in total. The van der Waals surface area contributed by atoms with E-state index in [0.29, 0.717) is 13.0 Å². The fourth-order valence-corrected chi connectivity index (χ4v) is 1.32. The Morgan fingerprint density at radius 3 is 2.93 bits per heavy atom. The number of rotatable bonds is 6. The maximum atomic E-state index is 11.3. The van der Waals surface area contributed by atoms with Gasteiger partial charge in [0.15, 0.2) is 5.78 Å². The minimum absolute atomic E-state index is 0.138. The van der Waals surface area contributed by atoms with Crippen molar-refractivity contribution in [2.24, 2.45) is 0 Å². The highest BCUT2D eigenvalue weighted by molar-refractivity contribution is 5.79. The van der Waals surface area contributed by atoms with E-state index in [-0.39, 0.29) is 12.4 Å². The van der Waals surface area contributed by atoms with Gasteiger partial charge in [0.1, 0.15) is 6.61 Å². The number of carbonyl (C=O) groups is 1. The number of ketones is 1. The molecule has 0 unspecified atom stereocenters. The summed E-state index contributed by atoms with van der Waals surface area (Å²) in [5, 5.41) is 0. The molecular formula is C12H17NO2. The summed E-state index contributed by atoms with van der Waals surface area (Å²) in [4.78, 5) is 11.3. The Labute approximate surface area is 90.2 Å². The molecule has 2 N–H and O–H groups in total. The zero-order chi connectivity index (χ0) is 11.1. The molecule has 0 saturated heterocycles. The highest BCUT2D eigenvalue weighted by Crippen LogP contribution is 2.08. The van der Waals surface area contributed by atoms with Crippen LogP contribution in [0.15, 0.2) is 24.3 Å². The molecule has 0 aliphatic heterocycles. The number of Topliss-reactive ketones (excluding diaryl/α,β-unsaturated/α-hetero) is 1. The molecule has 1 aromatic rings. The minimum Gasteiger partial charge on any atom is -0.399 e. The first-order chi connectivity index (χ1) is 7.22. The summed E-state index contributed by atoms with van der Waals surface area (Å²) in [5.74, 6) is 0.138. The first kappa shape index (κ1) is 11.7. The molecule has 0 fully saturated rings. The summed E-state index contributed by atoms with van der Waals surface area (Å²) in [5.41, 5.74) is 7.47. The van der Waals surface area contributed by atoms with Crippen molar-refractivity contribution in [2.75, 3.05) is 18.9 Å². The van der Waals surface area contributed by atoms with Crippen LogP contribution < -0.4 is 5.73 Å². The zero-order valence-electron chi connectivity index (χ0n) is 9.03. The summed E-state index contributed by atoms with van der Waals surface area (Å²) in [6.45, 7) is 2.69. The van der Waals surface area contributed by atoms with Crippen LogP contribution in [0.1, 0.15) is 18.9 Å². The summed E-state index contributed by atoms with van der Waals surface area (Å²) < 4.78 is 5.03. The third kappa shape index (κ3) is 4.61. The predicted molar refractivity (Wildman–Crippen MR) is 60.7 cm³/mol. The molecule has 0 atom stereocenters.